The van der Waals surface area contributed by atoms with Crippen LogP contribution in [0.2, 0.25) is 8.67 Å². The standard InChI is InChI=1S/C16H17Cl2NOS/c1-2-19-15(12-9-14(17)21-16(12)18)11-7-8-20-13-6-4-3-5-10(11)13/h3-6,9,11,15,19H,2,7-8H2,1H3. The molecule has 0 radical (unpaired) electrons. The van der Waals surface area contributed by atoms with E-state index in [1.807, 2.05) is 18.2 Å². The van der Waals surface area contributed by atoms with Gasteiger partial charge in [-0.3, -0.25) is 0 Å². The highest BCUT2D eigenvalue weighted by atomic mass is 35.5. The highest BCUT2D eigenvalue weighted by molar-refractivity contribution is 7.20. The van der Waals surface area contributed by atoms with Gasteiger partial charge in [0.05, 0.1) is 15.3 Å². The smallest absolute Gasteiger partial charge is 0.122 e. The van der Waals surface area contributed by atoms with Gasteiger partial charge >= 0.3 is 0 Å². The molecule has 0 spiro atoms. The fraction of sp³-hybridized carbons (Fsp3) is 0.375. The first-order valence-corrected chi connectivity index (χ1v) is 8.67. The van der Waals surface area contributed by atoms with Crippen molar-refractivity contribution >= 4 is 34.5 Å². The molecule has 112 valence electrons. The SMILES string of the molecule is CCNC(c1cc(Cl)sc1Cl)C1CCOc2ccccc21. The van der Waals surface area contributed by atoms with Gasteiger partial charge in [0, 0.05) is 17.5 Å². The van der Waals surface area contributed by atoms with E-state index in [2.05, 4.69) is 24.4 Å². The number of hydrogen-bond donors (Lipinski definition) is 1. The van der Waals surface area contributed by atoms with E-state index >= 15 is 0 Å². The molecule has 0 bridgehead atoms. The summed E-state index contributed by atoms with van der Waals surface area (Å²) in [5.41, 5.74) is 2.34. The van der Waals surface area contributed by atoms with Crippen molar-refractivity contribution in [2.24, 2.45) is 0 Å². The second-order valence-electron chi connectivity index (χ2n) is 5.10. The molecule has 1 aliphatic rings. The summed E-state index contributed by atoms with van der Waals surface area (Å²) < 4.78 is 7.28. The highest BCUT2D eigenvalue weighted by Crippen LogP contribution is 2.45. The molecule has 1 aromatic carbocycles. The minimum atomic E-state index is 0.163. The van der Waals surface area contributed by atoms with Crippen molar-refractivity contribution in [3.05, 3.63) is 50.1 Å². The molecule has 2 atom stereocenters. The Morgan fingerprint density at radius 2 is 2.19 bits per heavy atom. The van der Waals surface area contributed by atoms with Crippen molar-refractivity contribution in [2.75, 3.05) is 13.2 Å². The van der Waals surface area contributed by atoms with Gasteiger partial charge in [-0.2, -0.15) is 0 Å². The number of hydrogen-bond acceptors (Lipinski definition) is 3. The molecule has 0 amide bonds. The Kier molecular flexibility index (Phi) is 4.75. The number of nitrogens with one attached hydrogen (secondary N) is 1. The highest BCUT2D eigenvalue weighted by Gasteiger charge is 2.31. The van der Waals surface area contributed by atoms with Crippen LogP contribution in [0.15, 0.2) is 30.3 Å². The number of halogens is 2. The van der Waals surface area contributed by atoms with Crippen LogP contribution in [0.3, 0.4) is 0 Å². The van der Waals surface area contributed by atoms with Crippen LogP contribution in [0.25, 0.3) is 0 Å². The zero-order valence-corrected chi connectivity index (χ0v) is 14.1. The maximum absolute atomic E-state index is 6.38. The lowest BCUT2D eigenvalue weighted by Gasteiger charge is -2.33. The molecule has 0 fully saturated rings. The third kappa shape index (κ3) is 3.07. The predicted molar refractivity (Wildman–Crippen MR) is 90.1 cm³/mol. The lowest BCUT2D eigenvalue weighted by Crippen LogP contribution is -2.30. The fourth-order valence-electron chi connectivity index (χ4n) is 2.97. The zero-order chi connectivity index (χ0) is 14.8. The van der Waals surface area contributed by atoms with Gasteiger partial charge in [0.15, 0.2) is 0 Å². The van der Waals surface area contributed by atoms with Gasteiger partial charge < -0.3 is 10.1 Å². The molecule has 1 aliphatic heterocycles. The molecule has 0 aliphatic carbocycles. The maximum Gasteiger partial charge on any atom is 0.122 e. The summed E-state index contributed by atoms with van der Waals surface area (Å²) in [6.45, 7) is 3.73. The first-order valence-electron chi connectivity index (χ1n) is 7.10. The van der Waals surface area contributed by atoms with E-state index in [1.165, 1.54) is 16.9 Å². The monoisotopic (exact) mass is 341 g/mol. The second-order valence-corrected chi connectivity index (χ2v) is 7.38. The molecule has 21 heavy (non-hydrogen) atoms. The van der Waals surface area contributed by atoms with Crippen LogP contribution in [0.4, 0.5) is 0 Å². The van der Waals surface area contributed by atoms with E-state index < -0.39 is 0 Å². The van der Waals surface area contributed by atoms with E-state index in [9.17, 15) is 0 Å². The van der Waals surface area contributed by atoms with Crippen LogP contribution < -0.4 is 10.1 Å². The first kappa shape index (κ1) is 15.2. The van der Waals surface area contributed by atoms with Gasteiger partial charge in [-0.1, -0.05) is 48.3 Å². The molecular weight excluding hydrogens is 325 g/mol. The van der Waals surface area contributed by atoms with Gasteiger partial charge in [0.25, 0.3) is 0 Å². The summed E-state index contributed by atoms with van der Waals surface area (Å²) in [5, 5.41) is 3.57. The lowest BCUT2D eigenvalue weighted by molar-refractivity contribution is 0.246. The van der Waals surface area contributed by atoms with Crippen LogP contribution in [0, 0.1) is 0 Å². The quantitative estimate of drug-likeness (QED) is 0.817. The van der Waals surface area contributed by atoms with Crippen molar-refractivity contribution in [1.82, 2.24) is 5.32 Å². The van der Waals surface area contributed by atoms with E-state index in [1.54, 1.807) is 0 Å². The summed E-state index contributed by atoms with van der Waals surface area (Å²) in [7, 11) is 0. The summed E-state index contributed by atoms with van der Waals surface area (Å²) in [6, 6.07) is 10.4. The molecule has 0 saturated carbocycles. The Hall–Kier alpha value is -0.740. The van der Waals surface area contributed by atoms with E-state index in [4.69, 9.17) is 27.9 Å². The van der Waals surface area contributed by atoms with Crippen molar-refractivity contribution in [1.29, 1.82) is 0 Å². The maximum atomic E-state index is 6.38. The van der Waals surface area contributed by atoms with Gasteiger partial charge in [-0.05, 0) is 30.7 Å². The van der Waals surface area contributed by atoms with Gasteiger partial charge in [-0.25, -0.2) is 0 Å². The molecular formula is C16H17Cl2NOS. The number of ether oxygens (including phenoxy) is 1. The molecule has 1 N–H and O–H groups in total. The van der Waals surface area contributed by atoms with Crippen molar-refractivity contribution in [2.45, 2.75) is 25.3 Å². The number of likely N-dealkylation sites (N-methyl/N-ethyl adjacent to an activating group) is 1. The predicted octanol–water partition coefficient (Wildman–Crippen LogP) is 5.27. The van der Waals surface area contributed by atoms with E-state index in [0.717, 1.165) is 39.6 Å². The molecule has 0 saturated heterocycles. The minimum absolute atomic E-state index is 0.163. The largest absolute Gasteiger partial charge is 0.493 e. The van der Waals surface area contributed by atoms with Gasteiger partial charge in [0.1, 0.15) is 5.75 Å². The van der Waals surface area contributed by atoms with Gasteiger partial charge in [-0.15, -0.1) is 11.3 Å². The summed E-state index contributed by atoms with van der Waals surface area (Å²) in [6.07, 6.45) is 0.971. The number of fused-ring (bicyclic) bond motifs is 1. The normalized spacial score (nSPS) is 18.9. The zero-order valence-electron chi connectivity index (χ0n) is 11.7. The Labute approximate surface area is 139 Å². The summed E-state index contributed by atoms with van der Waals surface area (Å²) >= 11 is 13.9. The Morgan fingerprint density at radius 3 is 2.90 bits per heavy atom. The second kappa shape index (κ2) is 6.57. The Morgan fingerprint density at radius 1 is 1.38 bits per heavy atom. The molecule has 5 heteroatoms. The topological polar surface area (TPSA) is 21.3 Å². The third-order valence-electron chi connectivity index (χ3n) is 3.85. The Bertz CT molecular complexity index is 628. The molecule has 2 heterocycles. The third-order valence-corrected chi connectivity index (χ3v) is 5.37. The molecule has 2 nitrogen and oxygen atoms in total. The Balaban J connectivity index is 2.01. The van der Waals surface area contributed by atoms with Crippen molar-refractivity contribution in [3.8, 4) is 5.75 Å². The molecule has 1 aromatic heterocycles. The first-order chi connectivity index (χ1) is 10.2. The van der Waals surface area contributed by atoms with E-state index in [-0.39, 0.29) is 6.04 Å². The van der Waals surface area contributed by atoms with Crippen LogP contribution in [0.1, 0.15) is 36.4 Å². The minimum Gasteiger partial charge on any atom is -0.493 e. The molecule has 2 unspecified atom stereocenters. The van der Waals surface area contributed by atoms with Crippen LogP contribution in [0.5, 0.6) is 5.75 Å². The average molecular weight is 342 g/mol. The number of thiophene rings is 1. The molecule has 3 rings (SSSR count). The summed E-state index contributed by atoms with van der Waals surface area (Å²) in [5.74, 6) is 1.33. The van der Waals surface area contributed by atoms with Crippen LogP contribution in [-0.4, -0.2) is 13.2 Å². The number of rotatable bonds is 4. The van der Waals surface area contributed by atoms with Crippen molar-refractivity contribution in [3.63, 3.8) is 0 Å². The van der Waals surface area contributed by atoms with Crippen molar-refractivity contribution < 1.29 is 4.74 Å². The lowest BCUT2D eigenvalue weighted by atomic mass is 9.84. The van der Waals surface area contributed by atoms with Crippen LogP contribution >= 0.6 is 34.5 Å². The van der Waals surface area contributed by atoms with E-state index in [0.29, 0.717) is 5.92 Å². The number of para-hydroxylation sites is 1. The molecule has 2 aromatic rings. The number of benzene rings is 1. The van der Waals surface area contributed by atoms with Gasteiger partial charge in [0.2, 0.25) is 0 Å². The average Bonchev–Trinajstić information content (AvgIpc) is 2.83. The fourth-order valence-corrected chi connectivity index (χ4v) is 4.52. The van der Waals surface area contributed by atoms with Crippen LogP contribution in [-0.2, 0) is 0 Å². The summed E-state index contributed by atoms with van der Waals surface area (Å²) in [4.78, 5) is 0.